The summed E-state index contributed by atoms with van der Waals surface area (Å²) < 4.78 is 40.8. The van der Waals surface area contributed by atoms with Gasteiger partial charge in [-0.05, 0) is 0 Å². The fraction of sp³-hybridized carbons (Fsp3) is 0.500. The molecule has 0 radical (unpaired) electrons. The Morgan fingerprint density at radius 2 is 2.10 bits per heavy atom. The highest BCUT2D eigenvalue weighted by Gasteiger charge is 2.06. The fourth-order valence-corrected chi connectivity index (χ4v) is 1.65. The monoisotopic (exact) mass is 183 g/mol. The summed E-state index contributed by atoms with van der Waals surface area (Å²) in [6.07, 6.45) is 0.919. The molecule has 0 fully saturated rings. The van der Waals surface area contributed by atoms with Crippen LogP contribution in [0.2, 0.25) is 0 Å². The topological polar surface area (TPSA) is 74.3 Å². The molecule has 0 saturated carbocycles. The molecule has 0 aliphatic carbocycles. The van der Waals surface area contributed by atoms with E-state index in [2.05, 4.69) is 6.58 Å². The summed E-state index contributed by atoms with van der Waals surface area (Å²) in [7, 11) is -3.39. The molecule has 0 rings (SSSR count). The molecule has 0 N–H and O–H groups in total. The first kappa shape index (κ1) is 9.80. The van der Waals surface area contributed by atoms with E-state index in [0.29, 0.717) is 0 Å². The second-order valence-electron chi connectivity index (χ2n) is 1.76. The third kappa shape index (κ3) is 3.76. The Hall–Kier alpha value is -0.200. The van der Waals surface area contributed by atoms with Crippen molar-refractivity contribution in [1.29, 1.82) is 0 Å². The van der Waals surface area contributed by atoms with Crippen LogP contribution in [-0.4, -0.2) is 29.2 Å². The Morgan fingerprint density at radius 1 is 1.70 bits per heavy atom. The van der Waals surface area contributed by atoms with Crippen molar-refractivity contribution in [2.45, 2.75) is 0 Å². The van der Waals surface area contributed by atoms with E-state index in [0.717, 1.165) is 6.26 Å². The second-order valence-corrected chi connectivity index (χ2v) is 4.78. The SMILES string of the molecule is C=C(CS(=O)[O-])S(C)(=O)=O. The molecule has 1 atom stereocenters. The highest BCUT2D eigenvalue weighted by Crippen LogP contribution is 2.00. The Balaban J connectivity index is 4.28. The zero-order valence-electron chi connectivity index (χ0n) is 5.36. The molecule has 0 aromatic rings. The van der Waals surface area contributed by atoms with Crippen molar-refractivity contribution in [2.75, 3.05) is 12.0 Å². The van der Waals surface area contributed by atoms with Crippen LogP contribution in [0.15, 0.2) is 11.5 Å². The average molecular weight is 183 g/mol. The highest BCUT2D eigenvalue weighted by molar-refractivity contribution is 7.95. The lowest BCUT2D eigenvalue weighted by atomic mass is 10.7. The van der Waals surface area contributed by atoms with Crippen LogP contribution in [0.5, 0.6) is 0 Å². The van der Waals surface area contributed by atoms with Crippen molar-refractivity contribution in [3.05, 3.63) is 11.5 Å². The average Bonchev–Trinajstić information content (AvgIpc) is 1.60. The summed E-state index contributed by atoms with van der Waals surface area (Å²) in [5, 5.41) is 0. The van der Waals surface area contributed by atoms with Gasteiger partial charge in [0.2, 0.25) is 0 Å². The first-order chi connectivity index (χ1) is 4.34. The Bertz CT molecular complexity index is 250. The van der Waals surface area contributed by atoms with Crippen LogP contribution < -0.4 is 0 Å². The zero-order valence-corrected chi connectivity index (χ0v) is 7.00. The molecule has 0 aliphatic rings. The predicted octanol–water partition coefficient (Wildman–Crippen LogP) is -0.576. The van der Waals surface area contributed by atoms with Gasteiger partial charge < -0.3 is 4.55 Å². The van der Waals surface area contributed by atoms with Gasteiger partial charge in [-0.2, -0.15) is 0 Å². The summed E-state index contributed by atoms with van der Waals surface area (Å²) in [6.45, 7) is 3.09. The summed E-state index contributed by atoms with van der Waals surface area (Å²) in [5.41, 5.74) is 0. The number of hydrogen-bond donors (Lipinski definition) is 0. The summed E-state index contributed by atoms with van der Waals surface area (Å²) in [5.74, 6) is -0.515. The zero-order chi connectivity index (χ0) is 8.36. The van der Waals surface area contributed by atoms with Crippen molar-refractivity contribution >= 4 is 20.9 Å². The van der Waals surface area contributed by atoms with E-state index in [9.17, 15) is 17.2 Å². The normalized spacial score (nSPS) is 14.6. The molecule has 0 saturated heterocycles. The first-order valence-corrected chi connectivity index (χ1v) is 5.41. The molecule has 0 amide bonds. The Kier molecular flexibility index (Phi) is 3.20. The van der Waals surface area contributed by atoms with E-state index >= 15 is 0 Å². The van der Waals surface area contributed by atoms with Gasteiger partial charge >= 0.3 is 0 Å². The molecule has 6 heteroatoms. The minimum absolute atomic E-state index is 0.277. The quantitative estimate of drug-likeness (QED) is 0.549. The largest absolute Gasteiger partial charge is 0.772 e. The molecule has 0 heterocycles. The second kappa shape index (κ2) is 3.27. The minimum Gasteiger partial charge on any atom is -0.772 e. The van der Waals surface area contributed by atoms with Crippen molar-refractivity contribution in [3.8, 4) is 0 Å². The Labute approximate surface area is 62.1 Å². The molecule has 0 bridgehead atoms. The van der Waals surface area contributed by atoms with Crippen molar-refractivity contribution in [1.82, 2.24) is 0 Å². The molecule has 1 unspecified atom stereocenters. The van der Waals surface area contributed by atoms with Crippen LogP contribution in [-0.2, 0) is 20.9 Å². The maximum atomic E-state index is 10.5. The van der Waals surface area contributed by atoms with Gasteiger partial charge in [-0.1, -0.05) is 17.7 Å². The van der Waals surface area contributed by atoms with Crippen molar-refractivity contribution in [2.24, 2.45) is 0 Å². The van der Waals surface area contributed by atoms with Crippen molar-refractivity contribution < 1.29 is 17.2 Å². The molecule has 0 spiro atoms. The van der Waals surface area contributed by atoms with E-state index < -0.39 is 26.7 Å². The van der Waals surface area contributed by atoms with Gasteiger partial charge in [0.05, 0.1) is 0 Å². The lowest BCUT2D eigenvalue weighted by Gasteiger charge is -2.04. The maximum absolute atomic E-state index is 10.5. The van der Waals surface area contributed by atoms with Gasteiger partial charge in [0, 0.05) is 16.9 Å². The van der Waals surface area contributed by atoms with Gasteiger partial charge in [0.1, 0.15) is 0 Å². The van der Waals surface area contributed by atoms with E-state index in [1.165, 1.54) is 0 Å². The molecule has 60 valence electrons. The van der Waals surface area contributed by atoms with Crippen LogP contribution in [0.4, 0.5) is 0 Å². The van der Waals surface area contributed by atoms with Crippen LogP contribution in [0.3, 0.4) is 0 Å². The number of sulfone groups is 1. The van der Waals surface area contributed by atoms with E-state index in [4.69, 9.17) is 0 Å². The smallest absolute Gasteiger partial charge is 0.172 e. The van der Waals surface area contributed by atoms with Gasteiger partial charge in [0.25, 0.3) is 0 Å². The molecular formula is C4H7O4S2-. The van der Waals surface area contributed by atoms with Gasteiger partial charge in [0.15, 0.2) is 9.84 Å². The lowest BCUT2D eigenvalue weighted by molar-refractivity contribution is 0.539. The van der Waals surface area contributed by atoms with Crippen LogP contribution in [0.1, 0.15) is 0 Å². The summed E-state index contributed by atoms with van der Waals surface area (Å²) in [4.78, 5) is -0.277. The number of hydrogen-bond acceptors (Lipinski definition) is 4. The Morgan fingerprint density at radius 3 is 2.20 bits per heavy atom. The fourth-order valence-electron chi connectivity index (χ4n) is 0.238. The van der Waals surface area contributed by atoms with Crippen LogP contribution in [0.25, 0.3) is 0 Å². The van der Waals surface area contributed by atoms with Crippen LogP contribution >= 0.6 is 0 Å². The third-order valence-electron chi connectivity index (χ3n) is 0.803. The maximum Gasteiger partial charge on any atom is 0.172 e. The van der Waals surface area contributed by atoms with E-state index in [-0.39, 0.29) is 4.91 Å². The van der Waals surface area contributed by atoms with E-state index in [1.54, 1.807) is 0 Å². The molecule has 10 heavy (non-hydrogen) atoms. The van der Waals surface area contributed by atoms with Crippen LogP contribution in [0, 0.1) is 0 Å². The minimum atomic E-state index is -3.39. The number of rotatable bonds is 3. The van der Waals surface area contributed by atoms with Gasteiger partial charge in [-0.3, -0.25) is 4.21 Å². The molecule has 4 nitrogen and oxygen atoms in total. The van der Waals surface area contributed by atoms with E-state index in [1.807, 2.05) is 0 Å². The predicted molar refractivity (Wildman–Crippen MR) is 37.8 cm³/mol. The highest BCUT2D eigenvalue weighted by atomic mass is 32.2. The van der Waals surface area contributed by atoms with Crippen molar-refractivity contribution in [3.63, 3.8) is 0 Å². The van der Waals surface area contributed by atoms with Gasteiger partial charge in [-0.15, -0.1) is 0 Å². The summed E-state index contributed by atoms with van der Waals surface area (Å²) in [6, 6.07) is 0. The lowest BCUT2D eigenvalue weighted by Crippen LogP contribution is -2.07. The molecule has 0 aromatic heterocycles. The summed E-state index contributed by atoms with van der Waals surface area (Å²) >= 11 is -2.37. The molecule has 0 aromatic carbocycles. The first-order valence-electron chi connectivity index (χ1n) is 2.27. The molecular weight excluding hydrogens is 176 g/mol. The standard InChI is InChI=1S/C4H8O4S2/c1-4(3-9(5)6)10(2,7)8/h1,3H2,2H3,(H,5,6)/p-1. The third-order valence-corrected chi connectivity index (χ3v) is 2.76. The van der Waals surface area contributed by atoms with Gasteiger partial charge in [-0.25, -0.2) is 8.42 Å². The molecule has 0 aliphatic heterocycles.